The minimum atomic E-state index is -4.34. The molecule has 1 heterocycles. The standard InChI is InChI=1S/C21H21F3N2O/c22-21(23,24)16-7-4-8-17(13-16)25-9-11-26(12-10-25)20(27)19-14-18(19)15-5-2-1-3-6-15/h1-8,13,18-19H,9-12,14H2. The van der Waals surface area contributed by atoms with Crippen LogP contribution in [0.1, 0.15) is 23.5 Å². The fourth-order valence-corrected chi connectivity index (χ4v) is 3.84. The van der Waals surface area contributed by atoms with Crippen LogP contribution in [0.25, 0.3) is 0 Å². The Hall–Kier alpha value is -2.50. The number of rotatable bonds is 3. The first-order valence-electron chi connectivity index (χ1n) is 9.19. The van der Waals surface area contributed by atoms with Crippen molar-refractivity contribution in [3.63, 3.8) is 0 Å². The molecule has 3 nitrogen and oxygen atoms in total. The van der Waals surface area contributed by atoms with Crippen LogP contribution in [-0.2, 0) is 11.0 Å². The van der Waals surface area contributed by atoms with Gasteiger partial charge in [-0.05, 0) is 36.1 Å². The van der Waals surface area contributed by atoms with Crippen molar-refractivity contribution in [2.45, 2.75) is 18.5 Å². The number of carbonyl (C=O) groups excluding carboxylic acids is 1. The van der Waals surface area contributed by atoms with Crippen molar-refractivity contribution < 1.29 is 18.0 Å². The molecule has 1 amide bonds. The molecule has 0 spiro atoms. The molecular weight excluding hydrogens is 353 g/mol. The van der Waals surface area contributed by atoms with E-state index in [1.807, 2.05) is 28.0 Å². The highest BCUT2D eigenvalue weighted by molar-refractivity contribution is 5.83. The van der Waals surface area contributed by atoms with Crippen LogP contribution < -0.4 is 4.90 Å². The summed E-state index contributed by atoms with van der Waals surface area (Å²) in [7, 11) is 0. The van der Waals surface area contributed by atoms with Crippen molar-refractivity contribution in [1.29, 1.82) is 0 Å². The fraction of sp³-hybridized carbons (Fsp3) is 0.381. The summed E-state index contributed by atoms with van der Waals surface area (Å²) in [6.07, 6.45) is -3.46. The number of hydrogen-bond donors (Lipinski definition) is 0. The van der Waals surface area contributed by atoms with Gasteiger partial charge in [-0.1, -0.05) is 36.4 Å². The maximum Gasteiger partial charge on any atom is 0.416 e. The predicted molar refractivity (Wildman–Crippen MR) is 97.5 cm³/mol. The Labute approximate surface area is 156 Å². The molecule has 1 saturated heterocycles. The summed E-state index contributed by atoms with van der Waals surface area (Å²) in [5.74, 6) is 0.528. The Morgan fingerprint density at radius 3 is 2.30 bits per heavy atom. The second kappa shape index (κ2) is 6.91. The molecule has 2 aromatic rings. The number of anilines is 1. The molecular formula is C21H21F3N2O. The van der Waals surface area contributed by atoms with Gasteiger partial charge in [0.1, 0.15) is 0 Å². The van der Waals surface area contributed by atoms with E-state index < -0.39 is 11.7 Å². The number of alkyl halides is 3. The van der Waals surface area contributed by atoms with Crippen LogP contribution in [0.4, 0.5) is 18.9 Å². The average Bonchev–Trinajstić information content (AvgIpc) is 3.49. The normalized spacial score (nSPS) is 22.6. The van der Waals surface area contributed by atoms with Crippen LogP contribution in [0, 0.1) is 5.92 Å². The third-order valence-electron chi connectivity index (χ3n) is 5.47. The minimum absolute atomic E-state index is 0.0486. The zero-order valence-electron chi connectivity index (χ0n) is 14.8. The molecule has 0 bridgehead atoms. The number of hydrogen-bond acceptors (Lipinski definition) is 2. The lowest BCUT2D eigenvalue weighted by Crippen LogP contribution is -2.49. The Morgan fingerprint density at radius 1 is 0.926 bits per heavy atom. The molecule has 2 fully saturated rings. The number of benzene rings is 2. The van der Waals surface area contributed by atoms with E-state index in [0.717, 1.165) is 12.5 Å². The second-order valence-corrected chi connectivity index (χ2v) is 7.22. The van der Waals surface area contributed by atoms with Gasteiger partial charge in [0, 0.05) is 37.8 Å². The maximum absolute atomic E-state index is 12.9. The molecule has 6 heteroatoms. The Bertz CT molecular complexity index is 814. The van der Waals surface area contributed by atoms with Gasteiger partial charge in [0.2, 0.25) is 5.91 Å². The van der Waals surface area contributed by atoms with E-state index in [0.29, 0.717) is 37.8 Å². The highest BCUT2D eigenvalue weighted by Crippen LogP contribution is 2.48. The molecule has 0 aromatic heterocycles. The van der Waals surface area contributed by atoms with E-state index in [4.69, 9.17) is 0 Å². The molecule has 2 atom stereocenters. The lowest BCUT2D eigenvalue weighted by Gasteiger charge is -2.36. The molecule has 2 unspecified atom stereocenters. The van der Waals surface area contributed by atoms with Crippen molar-refractivity contribution in [3.05, 3.63) is 65.7 Å². The summed E-state index contributed by atoms with van der Waals surface area (Å²) in [4.78, 5) is 16.5. The van der Waals surface area contributed by atoms with Gasteiger partial charge < -0.3 is 9.80 Å². The molecule has 0 radical (unpaired) electrons. The fourth-order valence-electron chi connectivity index (χ4n) is 3.84. The quantitative estimate of drug-likeness (QED) is 0.806. The Kier molecular flexibility index (Phi) is 4.58. The monoisotopic (exact) mass is 374 g/mol. The molecule has 1 saturated carbocycles. The Morgan fingerprint density at radius 2 is 1.63 bits per heavy atom. The predicted octanol–water partition coefficient (Wildman–Crippen LogP) is 4.16. The summed E-state index contributed by atoms with van der Waals surface area (Å²) in [5, 5.41) is 0. The van der Waals surface area contributed by atoms with E-state index >= 15 is 0 Å². The SMILES string of the molecule is O=C(C1CC1c1ccccc1)N1CCN(c2cccc(C(F)(F)F)c2)CC1. The molecule has 0 N–H and O–H groups in total. The zero-order valence-corrected chi connectivity index (χ0v) is 14.8. The Balaban J connectivity index is 1.35. The van der Waals surface area contributed by atoms with E-state index in [9.17, 15) is 18.0 Å². The first-order chi connectivity index (χ1) is 12.9. The molecule has 1 aliphatic heterocycles. The molecule has 1 aliphatic carbocycles. The van der Waals surface area contributed by atoms with Crippen LogP contribution >= 0.6 is 0 Å². The van der Waals surface area contributed by atoms with Gasteiger partial charge in [-0.25, -0.2) is 0 Å². The van der Waals surface area contributed by atoms with Crippen LogP contribution in [0.15, 0.2) is 54.6 Å². The van der Waals surface area contributed by atoms with Gasteiger partial charge >= 0.3 is 6.18 Å². The lowest BCUT2D eigenvalue weighted by molar-refractivity contribution is -0.137. The first-order valence-corrected chi connectivity index (χ1v) is 9.19. The largest absolute Gasteiger partial charge is 0.416 e. The van der Waals surface area contributed by atoms with Crippen LogP contribution in [0.5, 0.6) is 0 Å². The van der Waals surface area contributed by atoms with E-state index in [2.05, 4.69) is 12.1 Å². The topological polar surface area (TPSA) is 23.6 Å². The molecule has 27 heavy (non-hydrogen) atoms. The maximum atomic E-state index is 12.9. The van der Waals surface area contributed by atoms with Crippen LogP contribution in [-0.4, -0.2) is 37.0 Å². The molecule has 2 aliphatic rings. The average molecular weight is 374 g/mol. The van der Waals surface area contributed by atoms with Gasteiger partial charge in [-0.15, -0.1) is 0 Å². The molecule has 4 rings (SSSR count). The van der Waals surface area contributed by atoms with E-state index in [1.54, 1.807) is 6.07 Å². The zero-order chi connectivity index (χ0) is 19.0. The number of nitrogens with zero attached hydrogens (tertiary/aromatic N) is 2. The molecule has 2 aromatic carbocycles. The number of amides is 1. The summed E-state index contributed by atoms with van der Waals surface area (Å²) in [6, 6.07) is 15.5. The van der Waals surface area contributed by atoms with Crippen molar-refractivity contribution >= 4 is 11.6 Å². The second-order valence-electron chi connectivity index (χ2n) is 7.22. The van der Waals surface area contributed by atoms with E-state index in [1.165, 1.54) is 17.7 Å². The number of piperazine rings is 1. The third-order valence-corrected chi connectivity index (χ3v) is 5.47. The van der Waals surface area contributed by atoms with Gasteiger partial charge in [-0.3, -0.25) is 4.79 Å². The summed E-state index contributed by atoms with van der Waals surface area (Å²) in [6.45, 7) is 2.20. The molecule has 142 valence electrons. The highest BCUT2D eigenvalue weighted by atomic mass is 19.4. The van der Waals surface area contributed by atoms with Crippen molar-refractivity contribution in [3.8, 4) is 0 Å². The van der Waals surface area contributed by atoms with Gasteiger partial charge in [0.05, 0.1) is 5.56 Å². The lowest BCUT2D eigenvalue weighted by atomic mass is 10.1. The first kappa shape index (κ1) is 17.9. The van der Waals surface area contributed by atoms with Crippen LogP contribution in [0.3, 0.4) is 0 Å². The van der Waals surface area contributed by atoms with Crippen LogP contribution in [0.2, 0.25) is 0 Å². The summed E-state index contributed by atoms with van der Waals surface area (Å²) in [5.41, 5.74) is 1.13. The smallest absolute Gasteiger partial charge is 0.368 e. The number of carbonyl (C=O) groups is 1. The van der Waals surface area contributed by atoms with Gasteiger partial charge in [0.15, 0.2) is 0 Å². The van der Waals surface area contributed by atoms with Gasteiger partial charge in [0.25, 0.3) is 0 Å². The third kappa shape index (κ3) is 3.80. The highest BCUT2D eigenvalue weighted by Gasteiger charge is 2.46. The van der Waals surface area contributed by atoms with Crippen molar-refractivity contribution in [2.75, 3.05) is 31.1 Å². The number of halogens is 3. The van der Waals surface area contributed by atoms with Crippen molar-refractivity contribution in [1.82, 2.24) is 4.90 Å². The van der Waals surface area contributed by atoms with Crippen molar-refractivity contribution in [2.24, 2.45) is 5.92 Å². The van der Waals surface area contributed by atoms with E-state index in [-0.39, 0.29) is 11.8 Å². The minimum Gasteiger partial charge on any atom is -0.368 e. The summed E-state index contributed by atoms with van der Waals surface area (Å²) < 4.78 is 38.7. The van der Waals surface area contributed by atoms with Gasteiger partial charge in [-0.2, -0.15) is 13.2 Å². The summed E-state index contributed by atoms with van der Waals surface area (Å²) >= 11 is 0.